The van der Waals surface area contributed by atoms with Crippen LogP contribution in [0, 0.1) is 11.7 Å². The van der Waals surface area contributed by atoms with E-state index in [0.717, 1.165) is 12.8 Å². The van der Waals surface area contributed by atoms with E-state index in [4.69, 9.17) is 16.7 Å². The highest BCUT2D eigenvalue weighted by atomic mass is 35.5. The zero-order valence-electron chi connectivity index (χ0n) is 11.5. The standard InChI is InChI=1S/C15H17ClFNO3/c16-12-9-11(2-3-13(12)17)15(21)18-7-5-10(6-8-18)1-4-14(19)20/h2-3,9-10H,1,4-8H2,(H,19,20). The maximum Gasteiger partial charge on any atom is 0.303 e. The summed E-state index contributed by atoms with van der Waals surface area (Å²) in [5.74, 6) is -1.13. The smallest absolute Gasteiger partial charge is 0.303 e. The Balaban J connectivity index is 1.90. The Morgan fingerprint density at radius 3 is 2.57 bits per heavy atom. The molecule has 1 aliphatic heterocycles. The summed E-state index contributed by atoms with van der Waals surface area (Å²) in [6, 6.07) is 3.96. The fraction of sp³-hybridized carbons (Fsp3) is 0.467. The van der Waals surface area contributed by atoms with Crippen LogP contribution in [0.15, 0.2) is 18.2 Å². The average Bonchev–Trinajstić information content (AvgIpc) is 2.48. The van der Waals surface area contributed by atoms with Gasteiger partial charge >= 0.3 is 5.97 Å². The number of hydrogen-bond donors (Lipinski definition) is 1. The van der Waals surface area contributed by atoms with Crippen molar-refractivity contribution in [1.29, 1.82) is 0 Å². The zero-order valence-corrected chi connectivity index (χ0v) is 12.3. The summed E-state index contributed by atoms with van der Waals surface area (Å²) in [4.78, 5) is 24.5. The van der Waals surface area contributed by atoms with E-state index >= 15 is 0 Å². The topological polar surface area (TPSA) is 57.6 Å². The number of hydrogen-bond acceptors (Lipinski definition) is 2. The van der Waals surface area contributed by atoms with Crippen molar-refractivity contribution in [2.24, 2.45) is 5.92 Å². The minimum Gasteiger partial charge on any atom is -0.481 e. The lowest BCUT2D eigenvalue weighted by Crippen LogP contribution is -2.38. The van der Waals surface area contributed by atoms with Crippen LogP contribution in [0.1, 0.15) is 36.0 Å². The molecular weight excluding hydrogens is 297 g/mol. The molecule has 1 N–H and O–H groups in total. The highest BCUT2D eigenvalue weighted by Crippen LogP contribution is 2.24. The molecule has 1 amide bonds. The third kappa shape index (κ3) is 4.17. The van der Waals surface area contributed by atoms with Crippen molar-refractivity contribution in [3.8, 4) is 0 Å². The first-order valence-corrected chi connectivity index (χ1v) is 7.31. The van der Waals surface area contributed by atoms with Gasteiger partial charge in [0.15, 0.2) is 0 Å². The van der Waals surface area contributed by atoms with E-state index in [1.165, 1.54) is 18.2 Å². The molecule has 0 bridgehead atoms. The molecule has 0 atom stereocenters. The van der Waals surface area contributed by atoms with E-state index in [2.05, 4.69) is 0 Å². The van der Waals surface area contributed by atoms with Crippen LogP contribution in [-0.4, -0.2) is 35.0 Å². The predicted molar refractivity (Wildman–Crippen MR) is 76.9 cm³/mol. The Morgan fingerprint density at radius 2 is 2.00 bits per heavy atom. The van der Waals surface area contributed by atoms with Gasteiger partial charge in [-0.1, -0.05) is 11.6 Å². The Bertz CT molecular complexity index is 542. The third-order valence-corrected chi connectivity index (χ3v) is 4.12. The highest BCUT2D eigenvalue weighted by Gasteiger charge is 2.24. The largest absolute Gasteiger partial charge is 0.481 e. The Kier molecular flexibility index (Phi) is 5.17. The normalized spacial score (nSPS) is 16.0. The number of benzene rings is 1. The fourth-order valence-corrected chi connectivity index (χ4v) is 2.74. The van der Waals surface area contributed by atoms with Gasteiger partial charge in [0.1, 0.15) is 5.82 Å². The van der Waals surface area contributed by atoms with E-state index in [1.807, 2.05) is 0 Å². The number of amides is 1. The number of piperidine rings is 1. The van der Waals surface area contributed by atoms with Crippen LogP contribution in [0.4, 0.5) is 4.39 Å². The van der Waals surface area contributed by atoms with Crippen LogP contribution in [-0.2, 0) is 4.79 Å². The van der Waals surface area contributed by atoms with Crippen LogP contribution < -0.4 is 0 Å². The molecule has 4 nitrogen and oxygen atoms in total. The molecule has 1 heterocycles. The fourth-order valence-electron chi connectivity index (χ4n) is 2.56. The lowest BCUT2D eigenvalue weighted by atomic mass is 9.92. The van der Waals surface area contributed by atoms with Gasteiger partial charge in [0.05, 0.1) is 5.02 Å². The molecule has 1 aliphatic rings. The van der Waals surface area contributed by atoms with Crippen molar-refractivity contribution in [2.75, 3.05) is 13.1 Å². The van der Waals surface area contributed by atoms with Gasteiger partial charge in [0.2, 0.25) is 0 Å². The second-order valence-electron chi connectivity index (χ2n) is 5.30. The number of carboxylic acid groups (broad SMARTS) is 1. The number of rotatable bonds is 4. The van der Waals surface area contributed by atoms with Crippen LogP contribution in [0.3, 0.4) is 0 Å². The molecule has 0 aromatic heterocycles. The van der Waals surface area contributed by atoms with Crippen molar-refractivity contribution in [1.82, 2.24) is 4.90 Å². The molecule has 0 unspecified atom stereocenters. The van der Waals surface area contributed by atoms with Gasteiger partial charge in [-0.2, -0.15) is 0 Å². The van der Waals surface area contributed by atoms with Crippen LogP contribution >= 0.6 is 11.6 Å². The minimum atomic E-state index is -0.783. The molecule has 1 saturated heterocycles. The number of nitrogens with zero attached hydrogens (tertiary/aromatic N) is 1. The molecule has 1 fully saturated rings. The van der Waals surface area contributed by atoms with Crippen LogP contribution in [0.5, 0.6) is 0 Å². The van der Waals surface area contributed by atoms with Crippen molar-refractivity contribution in [3.63, 3.8) is 0 Å². The monoisotopic (exact) mass is 313 g/mol. The first kappa shape index (κ1) is 15.8. The third-order valence-electron chi connectivity index (χ3n) is 3.83. The van der Waals surface area contributed by atoms with Gasteiger partial charge in [0.25, 0.3) is 5.91 Å². The Labute approximate surface area is 127 Å². The average molecular weight is 314 g/mol. The van der Waals surface area contributed by atoms with Gasteiger partial charge in [-0.05, 0) is 43.4 Å². The van der Waals surface area contributed by atoms with E-state index in [-0.39, 0.29) is 17.4 Å². The molecule has 6 heteroatoms. The summed E-state index contributed by atoms with van der Waals surface area (Å²) in [5, 5.41) is 8.62. The molecular formula is C15H17ClFNO3. The molecule has 1 aromatic rings. The second kappa shape index (κ2) is 6.89. The van der Waals surface area contributed by atoms with Crippen molar-refractivity contribution < 1.29 is 19.1 Å². The molecule has 0 spiro atoms. The summed E-state index contributed by atoms with van der Waals surface area (Å²) < 4.78 is 13.1. The summed E-state index contributed by atoms with van der Waals surface area (Å²) >= 11 is 5.69. The minimum absolute atomic E-state index is 0.0582. The molecule has 114 valence electrons. The molecule has 0 saturated carbocycles. The van der Waals surface area contributed by atoms with Crippen LogP contribution in [0.25, 0.3) is 0 Å². The van der Waals surface area contributed by atoms with Gasteiger partial charge in [-0.3, -0.25) is 9.59 Å². The lowest BCUT2D eigenvalue weighted by molar-refractivity contribution is -0.137. The van der Waals surface area contributed by atoms with E-state index in [1.54, 1.807) is 4.90 Å². The van der Waals surface area contributed by atoms with E-state index in [0.29, 0.717) is 31.0 Å². The first-order chi connectivity index (χ1) is 9.97. The summed E-state index contributed by atoms with van der Waals surface area (Å²) in [5.41, 5.74) is 0.380. The highest BCUT2D eigenvalue weighted by molar-refractivity contribution is 6.31. The summed E-state index contributed by atoms with van der Waals surface area (Å²) in [6.07, 6.45) is 2.42. The van der Waals surface area contributed by atoms with Gasteiger partial charge in [-0.25, -0.2) is 4.39 Å². The molecule has 2 rings (SSSR count). The molecule has 0 radical (unpaired) electrons. The zero-order chi connectivity index (χ0) is 15.4. The number of likely N-dealkylation sites (tertiary alicyclic amines) is 1. The summed E-state index contributed by atoms with van der Waals surface area (Å²) in [7, 11) is 0. The number of halogens is 2. The SMILES string of the molecule is O=C(O)CCC1CCN(C(=O)c2ccc(F)c(Cl)c2)CC1. The predicted octanol–water partition coefficient (Wildman–Crippen LogP) is 3.20. The van der Waals surface area contributed by atoms with Gasteiger partial charge in [-0.15, -0.1) is 0 Å². The molecule has 0 aliphatic carbocycles. The Morgan fingerprint density at radius 1 is 1.33 bits per heavy atom. The second-order valence-corrected chi connectivity index (χ2v) is 5.70. The number of carboxylic acids is 1. The van der Waals surface area contributed by atoms with Gasteiger partial charge in [0, 0.05) is 25.1 Å². The number of carbonyl (C=O) groups excluding carboxylic acids is 1. The van der Waals surface area contributed by atoms with Crippen LogP contribution in [0.2, 0.25) is 5.02 Å². The van der Waals surface area contributed by atoms with Crippen molar-refractivity contribution in [3.05, 3.63) is 34.6 Å². The van der Waals surface area contributed by atoms with Crippen molar-refractivity contribution in [2.45, 2.75) is 25.7 Å². The maximum atomic E-state index is 13.1. The number of aliphatic carboxylic acids is 1. The summed E-state index contributed by atoms with van der Waals surface area (Å²) in [6.45, 7) is 1.19. The Hall–Kier alpha value is -1.62. The van der Waals surface area contributed by atoms with Crippen molar-refractivity contribution >= 4 is 23.5 Å². The van der Waals surface area contributed by atoms with E-state index < -0.39 is 11.8 Å². The lowest BCUT2D eigenvalue weighted by Gasteiger charge is -2.32. The molecule has 1 aromatic carbocycles. The van der Waals surface area contributed by atoms with Gasteiger partial charge < -0.3 is 10.0 Å². The first-order valence-electron chi connectivity index (χ1n) is 6.93. The van der Waals surface area contributed by atoms with E-state index in [9.17, 15) is 14.0 Å². The number of carbonyl (C=O) groups is 2. The maximum absolute atomic E-state index is 13.1. The molecule has 21 heavy (non-hydrogen) atoms. The quantitative estimate of drug-likeness (QED) is 0.928.